The quantitative estimate of drug-likeness (QED) is 0.649. The number of nitrogens with two attached hydrogens (primary N) is 1. The fraction of sp³-hybridized carbons (Fsp3) is 0.333. The molecule has 2 aromatic carbocycles. The highest BCUT2D eigenvalue weighted by molar-refractivity contribution is 5.82. The summed E-state index contributed by atoms with van der Waals surface area (Å²) in [6.07, 6.45) is 7.64. The zero-order valence-corrected chi connectivity index (χ0v) is 16.1. The van der Waals surface area contributed by atoms with Gasteiger partial charge in [-0.2, -0.15) is 0 Å². The SMILES string of the molecule is NC(=O)C1([C@H](Cc2ccccc2)c2cnc(-c3ccccc3)[nH]2)CCCCC1. The summed E-state index contributed by atoms with van der Waals surface area (Å²) in [5, 5.41) is 0. The van der Waals surface area contributed by atoms with Crippen LogP contribution in [0.2, 0.25) is 0 Å². The van der Waals surface area contributed by atoms with Gasteiger partial charge in [0.25, 0.3) is 0 Å². The van der Waals surface area contributed by atoms with Crippen LogP contribution in [0.3, 0.4) is 0 Å². The van der Waals surface area contributed by atoms with Gasteiger partial charge < -0.3 is 10.7 Å². The van der Waals surface area contributed by atoms with Gasteiger partial charge in [0.2, 0.25) is 5.91 Å². The Labute approximate surface area is 166 Å². The molecule has 4 rings (SSSR count). The number of aromatic nitrogens is 2. The van der Waals surface area contributed by atoms with Gasteiger partial charge >= 0.3 is 0 Å². The molecule has 28 heavy (non-hydrogen) atoms. The predicted molar refractivity (Wildman–Crippen MR) is 112 cm³/mol. The van der Waals surface area contributed by atoms with Gasteiger partial charge in [0.1, 0.15) is 5.82 Å². The third-order valence-electron chi connectivity index (χ3n) is 6.20. The normalized spacial score (nSPS) is 17.1. The zero-order valence-electron chi connectivity index (χ0n) is 16.1. The maximum absolute atomic E-state index is 12.7. The van der Waals surface area contributed by atoms with Gasteiger partial charge in [-0.25, -0.2) is 4.98 Å². The number of H-pyrrole nitrogens is 1. The first kappa shape index (κ1) is 18.5. The maximum Gasteiger partial charge on any atom is 0.224 e. The third-order valence-corrected chi connectivity index (χ3v) is 6.20. The fourth-order valence-corrected chi connectivity index (χ4v) is 4.66. The molecule has 3 aromatic rings. The molecule has 144 valence electrons. The van der Waals surface area contributed by atoms with E-state index in [1.54, 1.807) is 0 Å². The number of aromatic amines is 1. The molecule has 1 amide bonds. The van der Waals surface area contributed by atoms with Crippen molar-refractivity contribution in [1.82, 2.24) is 9.97 Å². The summed E-state index contributed by atoms with van der Waals surface area (Å²) in [6.45, 7) is 0. The van der Waals surface area contributed by atoms with Gasteiger partial charge in [0.15, 0.2) is 0 Å². The van der Waals surface area contributed by atoms with Crippen LogP contribution < -0.4 is 5.73 Å². The monoisotopic (exact) mass is 373 g/mol. The number of benzene rings is 2. The molecule has 1 aromatic heterocycles. The van der Waals surface area contributed by atoms with Crippen molar-refractivity contribution in [3.8, 4) is 11.4 Å². The summed E-state index contributed by atoms with van der Waals surface area (Å²) >= 11 is 0. The van der Waals surface area contributed by atoms with Crippen molar-refractivity contribution >= 4 is 5.91 Å². The minimum atomic E-state index is -0.519. The van der Waals surface area contributed by atoms with E-state index in [0.29, 0.717) is 0 Å². The molecule has 0 aliphatic heterocycles. The zero-order chi connectivity index (χ0) is 19.4. The molecule has 1 aliphatic rings. The first-order valence-electron chi connectivity index (χ1n) is 10.1. The molecule has 0 bridgehead atoms. The van der Waals surface area contributed by atoms with Crippen molar-refractivity contribution in [2.75, 3.05) is 0 Å². The molecular weight excluding hydrogens is 346 g/mol. The van der Waals surface area contributed by atoms with E-state index in [1.807, 2.05) is 54.7 Å². The fourth-order valence-electron chi connectivity index (χ4n) is 4.66. The van der Waals surface area contributed by atoms with Crippen molar-refractivity contribution in [3.63, 3.8) is 0 Å². The van der Waals surface area contributed by atoms with Crippen molar-refractivity contribution in [2.45, 2.75) is 44.4 Å². The molecule has 1 saturated carbocycles. The number of carbonyl (C=O) groups excluding carboxylic acids is 1. The standard InChI is InChI=1S/C24H27N3O/c25-23(28)24(14-8-3-9-15-24)20(16-18-10-4-1-5-11-18)21-17-26-22(27-21)19-12-6-2-7-13-19/h1-2,4-7,10-13,17,20H,3,8-9,14-16H2,(H2,25,28)(H,26,27)/t20-/m1/s1. The van der Waals surface area contributed by atoms with Crippen molar-refractivity contribution in [2.24, 2.45) is 11.1 Å². The Bertz CT molecular complexity index is 911. The van der Waals surface area contributed by atoms with Crippen LogP contribution in [0.15, 0.2) is 66.9 Å². The summed E-state index contributed by atoms with van der Waals surface area (Å²) in [7, 11) is 0. The number of imidazole rings is 1. The lowest BCUT2D eigenvalue weighted by molar-refractivity contribution is -0.131. The second-order valence-electron chi connectivity index (χ2n) is 7.88. The highest BCUT2D eigenvalue weighted by Gasteiger charge is 2.46. The Morgan fingerprint density at radius 2 is 1.64 bits per heavy atom. The molecule has 4 heteroatoms. The topological polar surface area (TPSA) is 71.8 Å². The van der Waals surface area contributed by atoms with E-state index < -0.39 is 5.41 Å². The highest BCUT2D eigenvalue weighted by Crippen LogP contribution is 2.48. The van der Waals surface area contributed by atoms with Crippen LogP contribution in [0.4, 0.5) is 0 Å². The van der Waals surface area contributed by atoms with E-state index in [0.717, 1.165) is 49.2 Å². The summed E-state index contributed by atoms with van der Waals surface area (Å²) in [4.78, 5) is 20.9. The van der Waals surface area contributed by atoms with Crippen LogP contribution in [0.1, 0.15) is 49.3 Å². The number of hydrogen-bond acceptors (Lipinski definition) is 2. The van der Waals surface area contributed by atoms with Gasteiger partial charge in [-0.1, -0.05) is 79.9 Å². The van der Waals surface area contributed by atoms with Crippen LogP contribution in [-0.2, 0) is 11.2 Å². The van der Waals surface area contributed by atoms with Gasteiger partial charge in [-0.15, -0.1) is 0 Å². The number of hydrogen-bond donors (Lipinski definition) is 2. The Morgan fingerprint density at radius 1 is 1.00 bits per heavy atom. The molecule has 0 spiro atoms. The molecule has 1 aliphatic carbocycles. The lowest BCUT2D eigenvalue weighted by Gasteiger charge is -2.41. The number of nitrogens with one attached hydrogen (secondary N) is 1. The Kier molecular flexibility index (Phi) is 5.29. The van der Waals surface area contributed by atoms with E-state index in [2.05, 4.69) is 22.1 Å². The number of carbonyl (C=O) groups is 1. The largest absolute Gasteiger partial charge is 0.369 e. The summed E-state index contributed by atoms with van der Waals surface area (Å²) in [6, 6.07) is 20.5. The average molecular weight is 374 g/mol. The maximum atomic E-state index is 12.7. The van der Waals surface area contributed by atoms with Gasteiger partial charge in [-0.05, 0) is 24.8 Å². The van der Waals surface area contributed by atoms with E-state index in [4.69, 9.17) is 5.73 Å². The second kappa shape index (κ2) is 8.01. The predicted octanol–water partition coefficient (Wildman–Crippen LogP) is 4.84. The van der Waals surface area contributed by atoms with Gasteiger partial charge in [-0.3, -0.25) is 4.79 Å². The first-order chi connectivity index (χ1) is 13.7. The molecule has 1 fully saturated rings. The van der Waals surface area contributed by atoms with Crippen molar-refractivity contribution in [1.29, 1.82) is 0 Å². The average Bonchev–Trinajstić information content (AvgIpc) is 3.24. The smallest absolute Gasteiger partial charge is 0.224 e. The minimum absolute atomic E-state index is 0.00216. The number of nitrogens with zero attached hydrogens (tertiary/aromatic N) is 1. The van der Waals surface area contributed by atoms with Gasteiger partial charge in [0, 0.05) is 23.4 Å². The molecular formula is C24H27N3O. The van der Waals surface area contributed by atoms with Crippen LogP contribution in [-0.4, -0.2) is 15.9 Å². The summed E-state index contributed by atoms with van der Waals surface area (Å²) in [5.41, 5.74) is 8.79. The Balaban J connectivity index is 1.75. The number of amides is 1. The molecule has 0 saturated heterocycles. The Morgan fingerprint density at radius 3 is 2.29 bits per heavy atom. The lowest BCUT2D eigenvalue weighted by atomic mass is 9.62. The molecule has 0 radical (unpaired) electrons. The minimum Gasteiger partial charge on any atom is -0.369 e. The second-order valence-corrected chi connectivity index (χ2v) is 7.88. The van der Waals surface area contributed by atoms with Crippen LogP contribution >= 0.6 is 0 Å². The van der Waals surface area contributed by atoms with Crippen LogP contribution in [0.5, 0.6) is 0 Å². The number of primary amides is 1. The van der Waals surface area contributed by atoms with Crippen molar-refractivity contribution in [3.05, 3.63) is 78.1 Å². The highest BCUT2D eigenvalue weighted by atomic mass is 16.1. The van der Waals surface area contributed by atoms with Crippen molar-refractivity contribution < 1.29 is 4.79 Å². The van der Waals surface area contributed by atoms with Gasteiger partial charge in [0.05, 0.1) is 5.41 Å². The van der Waals surface area contributed by atoms with E-state index in [9.17, 15) is 4.79 Å². The summed E-state index contributed by atoms with van der Waals surface area (Å²) < 4.78 is 0. The Hall–Kier alpha value is -2.88. The molecule has 1 heterocycles. The van der Waals surface area contributed by atoms with E-state index in [1.165, 1.54) is 12.0 Å². The molecule has 1 atom stereocenters. The number of rotatable bonds is 6. The van der Waals surface area contributed by atoms with E-state index >= 15 is 0 Å². The molecule has 3 N–H and O–H groups in total. The van der Waals surface area contributed by atoms with Crippen LogP contribution in [0.25, 0.3) is 11.4 Å². The lowest BCUT2D eigenvalue weighted by Crippen LogP contribution is -2.44. The molecule has 4 nitrogen and oxygen atoms in total. The first-order valence-corrected chi connectivity index (χ1v) is 10.1. The summed E-state index contributed by atoms with van der Waals surface area (Å²) in [5.74, 6) is 0.658. The molecule has 0 unspecified atom stereocenters. The van der Waals surface area contributed by atoms with Crippen LogP contribution in [0, 0.1) is 5.41 Å². The third kappa shape index (κ3) is 3.59. The van der Waals surface area contributed by atoms with E-state index in [-0.39, 0.29) is 11.8 Å².